The number of carbonyl (C=O) groups is 1. The quantitative estimate of drug-likeness (QED) is 0.787. The molecule has 1 N–H and O–H groups in total. The van der Waals surface area contributed by atoms with Gasteiger partial charge in [0.1, 0.15) is 0 Å². The lowest BCUT2D eigenvalue weighted by atomic mass is 10.1. The Balaban J connectivity index is 1.56. The molecule has 1 aliphatic heterocycles. The van der Waals surface area contributed by atoms with Crippen molar-refractivity contribution in [1.82, 2.24) is 15.3 Å². The normalized spacial score (nSPS) is 16.7. The molecule has 1 fully saturated rings. The molecule has 0 aliphatic carbocycles. The van der Waals surface area contributed by atoms with E-state index in [0.29, 0.717) is 12.5 Å². The largest absolute Gasteiger partial charge is 0.453 e. The molecule has 0 bridgehead atoms. The fourth-order valence-corrected chi connectivity index (χ4v) is 3.30. The Morgan fingerprint density at radius 3 is 2.88 bits per heavy atom. The number of methoxy groups -OCH3 is 1. The van der Waals surface area contributed by atoms with Crippen LogP contribution in [0.3, 0.4) is 0 Å². The number of anilines is 1. The Morgan fingerprint density at radius 1 is 1.19 bits per heavy atom. The predicted octanol–water partition coefficient (Wildman–Crippen LogP) is 3.23. The summed E-state index contributed by atoms with van der Waals surface area (Å²) >= 11 is 0. The predicted molar refractivity (Wildman–Crippen MR) is 101 cm³/mol. The maximum absolute atomic E-state index is 11.4. The Hall–Kier alpha value is -3.15. The molecule has 6 heteroatoms. The molecule has 6 nitrogen and oxygen atoms in total. The van der Waals surface area contributed by atoms with Crippen molar-refractivity contribution in [3.8, 4) is 11.3 Å². The van der Waals surface area contributed by atoms with Crippen LogP contribution >= 0.6 is 0 Å². The molecule has 1 amide bonds. The van der Waals surface area contributed by atoms with Crippen molar-refractivity contribution in [3.05, 3.63) is 54.7 Å². The standard InChI is InChI=1S/C20H20N4O2/c1-26-20(25)22-17-9-11-24(13-17)19-21-10-8-18(23-19)16-7-6-14-4-2-3-5-15(14)12-16/h2-8,10,12,17H,9,11,13H2,1H3,(H,22,25)/t17-/m0/s1. The van der Waals surface area contributed by atoms with Crippen LogP contribution in [0.2, 0.25) is 0 Å². The molecule has 0 radical (unpaired) electrons. The molecule has 3 aromatic rings. The Morgan fingerprint density at radius 2 is 2.04 bits per heavy atom. The number of aromatic nitrogens is 2. The van der Waals surface area contributed by atoms with E-state index in [9.17, 15) is 4.79 Å². The van der Waals surface area contributed by atoms with Gasteiger partial charge in [-0.15, -0.1) is 0 Å². The first-order chi connectivity index (χ1) is 12.7. The van der Waals surface area contributed by atoms with Crippen LogP contribution in [0.5, 0.6) is 0 Å². The molecule has 2 aromatic carbocycles. The first-order valence-corrected chi connectivity index (χ1v) is 8.64. The van der Waals surface area contributed by atoms with Gasteiger partial charge in [-0.05, 0) is 29.3 Å². The Bertz CT molecular complexity index is 944. The summed E-state index contributed by atoms with van der Waals surface area (Å²) in [5, 5.41) is 5.23. The van der Waals surface area contributed by atoms with Gasteiger partial charge in [0.2, 0.25) is 5.95 Å². The van der Waals surface area contributed by atoms with E-state index in [0.717, 1.165) is 24.2 Å². The van der Waals surface area contributed by atoms with Gasteiger partial charge < -0.3 is 15.0 Å². The molecular formula is C20H20N4O2. The fraction of sp³-hybridized carbons (Fsp3) is 0.250. The minimum Gasteiger partial charge on any atom is -0.453 e. The molecule has 0 unspecified atom stereocenters. The molecule has 1 aliphatic rings. The van der Waals surface area contributed by atoms with Gasteiger partial charge in [-0.1, -0.05) is 36.4 Å². The SMILES string of the molecule is COC(=O)N[C@H]1CCN(c2nccc(-c3ccc4ccccc4c3)n2)C1. The van der Waals surface area contributed by atoms with Gasteiger partial charge in [0.25, 0.3) is 0 Å². The lowest BCUT2D eigenvalue weighted by Gasteiger charge is -2.17. The molecule has 4 rings (SSSR count). The average molecular weight is 348 g/mol. The maximum atomic E-state index is 11.4. The molecule has 1 saturated heterocycles. The Labute approximate surface area is 151 Å². The minimum absolute atomic E-state index is 0.0513. The van der Waals surface area contributed by atoms with Crippen molar-refractivity contribution in [2.45, 2.75) is 12.5 Å². The number of ether oxygens (including phenoxy) is 1. The van der Waals surface area contributed by atoms with Crippen LogP contribution in [0.1, 0.15) is 6.42 Å². The molecule has 132 valence electrons. The third-order valence-corrected chi connectivity index (χ3v) is 4.67. The zero-order valence-electron chi connectivity index (χ0n) is 14.6. The smallest absolute Gasteiger partial charge is 0.407 e. The highest BCUT2D eigenvalue weighted by atomic mass is 16.5. The number of hydrogen-bond donors (Lipinski definition) is 1. The number of benzene rings is 2. The average Bonchev–Trinajstić information content (AvgIpc) is 3.16. The van der Waals surface area contributed by atoms with Crippen LogP contribution in [0.25, 0.3) is 22.0 Å². The molecular weight excluding hydrogens is 328 g/mol. The van der Waals surface area contributed by atoms with Crippen molar-refractivity contribution in [1.29, 1.82) is 0 Å². The summed E-state index contributed by atoms with van der Waals surface area (Å²) in [6, 6.07) is 16.6. The van der Waals surface area contributed by atoms with E-state index in [1.54, 1.807) is 6.20 Å². The summed E-state index contributed by atoms with van der Waals surface area (Å²) in [5.74, 6) is 0.685. The molecule has 0 spiro atoms. The van der Waals surface area contributed by atoms with Gasteiger partial charge in [-0.2, -0.15) is 0 Å². The highest BCUT2D eigenvalue weighted by molar-refractivity contribution is 5.86. The van der Waals surface area contributed by atoms with Gasteiger partial charge in [-0.3, -0.25) is 0 Å². The van der Waals surface area contributed by atoms with Crippen LogP contribution in [0.15, 0.2) is 54.7 Å². The number of fused-ring (bicyclic) bond motifs is 1. The van der Waals surface area contributed by atoms with E-state index in [4.69, 9.17) is 4.98 Å². The van der Waals surface area contributed by atoms with Crippen LogP contribution in [-0.4, -0.2) is 42.3 Å². The zero-order valence-corrected chi connectivity index (χ0v) is 14.6. The highest BCUT2D eigenvalue weighted by Crippen LogP contribution is 2.25. The molecule has 1 atom stereocenters. The van der Waals surface area contributed by atoms with E-state index in [-0.39, 0.29) is 6.04 Å². The van der Waals surface area contributed by atoms with Crippen molar-refractivity contribution in [2.24, 2.45) is 0 Å². The number of nitrogens with one attached hydrogen (secondary N) is 1. The lowest BCUT2D eigenvalue weighted by Crippen LogP contribution is -2.37. The number of nitrogens with zero attached hydrogens (tertiary/aromatic N) is 3. The molecule has 2 heterocycles. The number of amides is 1. The number of carbonyl (C=O) groups excluding carboxylic acids is 1. The van der Waals surface area contributed by atoms with Gasteiger partial charge in [0.15, 0.2) is 0 Å². The Kier molecular flexibility index (Phi) is 4.39. The maximum Gasteiger partial charge on any atom is 0.407 e. The third kappa shape index (κ3) is 3.31. The van der Waals surface area contributed by atoms with Gasteiger partial charge >= 0.3 is 6.09 Å². The summed E-state index contributed by atoms with van der Waals surface area (Å²) in [7, 11) is 1.37. The van der Waals surface area contributed by atoms with E-state index in [2.05, 4.69) is 50.3 Å². The first kappa shape index (κ1) is 16.3. The number of alkyl carbamates (subject to hydrolysis) is 1. The fourth-order valence-electron chi connectivity index (χ4n) is 3.30. The second-order valence-corrected chi connectivity index (χ2v) is 6.37. The van der Waals surface area contributed by atoms with E-state index < -0.39 is 6.09 Å². The van der Waals surface area contributed by atoms with E-state index in [1.165, 1.54) is 17.9 Å². The number of rotatable bonds is 3. The van der Waals surface area contributed by atoms with Gasteiger partial charge in [-0.25, -0.2) is 14.8 Å². The number of hydrogen-bond acceptors (Lipinski definition) is 5. The second kappa shape index (κ2) is 7.00. The van der Waals surface area contributed by atoms with Crippen molar-refractivity contribution >= 4 is 22.8 Å². The van der Waals surface area contributed by atoms with E-state index in [1.807, 2.05) is 18.2 Å². The van der Waals surface area contributed by atoms with Crippen molar-refractivity contribution in [2.75, 3.05) is 25.1 Å². The van der Waals surface area contributed by atoms with Gasteiger partial charge in [0.05, 0.1) is 18.8 Å². The molecule has 1 aromatic heterocycles. The molecule has 0 saturated carbocycles. The van der Waals surface area contributed by atoms with Crippen LogP contribution in [0, 0.1) is 0 Å². The summed E-state index contributed by atoms with van der Waals surface area (Å²) in [6.45, 7) is 1.48. The van der Waals surface area contributed by atoms with Gasteiger partial charge in [0, 0.05) is 24.8 Å². The van der Waals surface area contributed by atoms with Crippen LogP contribution in [0.4, 0.5) is 10.7 Å². The summed E-state index contributed by atoms with van der Waals surface area (Å²) in [4.78, 5) is 22.6. The first-order valence-electron chi connectivity index (χ1n) is 8.64. The summed E-state index contributed by atoms with van der Waals surface area (Å²) < 4.78 is 4.67. The zero-order chi connectivity index (χ0) is 17.9. The highest BCUT2D eigenvalue weighted by Gasteiger charge is 2.26. The minimum atomic E-state index is -0.400. The van der Waals surface area contributed by atoms with Crippen LogP contribution < -0.4 is 10.2 Å². The summed E-state index contributed by atoms with van der Waals surface area (Å²) in [5.41, 5.74) is 1.96. The monoisotopic (exact) mass is 348 g/mol. The van der Waals surface area contributed by atoms with Crippen LogP contribution in [-0.2, 0) is 4.74 Å². The topological polar surface area (TPSA) is 67.3 Å². The summed E-state index contributed by atoms with van der Waals surface area (Å²) in [6.07, 6.45) is 2.23. The third-order valence-electron chi connectivity index (χ3n) is 4.67. The van der Waals surface area contributed by atoms with Crippen molar-refractivity contribution < 1.29 is 9.53 Å². The van der Waals surface area contributed by atoms with Crippen molar-refractivity contribution in [3.63, 3.8) is 0 Å². The van der Waals surface area contributed by atoms with E-state index >= 15 is 0 Å². The molecule has 26 heavy (non-hydrogen) atoms. The second-order valence-electron chi connectivity index (χ2n) is 6.37. The lowest BCUT2D eigenvalue weighted by molar-refractivity contribution is 0.167.